The van der Waals surface area contributed by atoms with E-state index in [1.165, 1.54) is 5.57 Å². The van der Waals surface area contributed by atoms with E-state index >= 15 is 0 Å². The van der Waals surface area contributed by atoms with Gasteiger partial charge in [0.15, 0.2) is 0 Å². The molecule has 0 aromatic heterocycles. The molecule has 0 aliphatic heterocycles. The molecule has 0 atom stereocenters. The molecule has 0 aliphatic carbocycles. The van der Waals surface area contributed by atoms with Crippen LogP contribution in [0.3, 0.4) is 0 Å². The Hall–Kier alpha value is -0.230. The SMILES string of the molecule is CC/C=C\C=C(\C)CCl. The molecule has 0 saturated heterocycles. The van der Waals surface area contributed by atoms with E-state index in [2.05, 4.69) is 13.0 Å². The average Bonchev–Trinajstić information content (AvgIpc) is 1.89. The van der Waals surface area contributed by atoms with E-state index in [1.807, 2.05) is 19.1 Å². The third kappa shape index (κ3) is 5.64. The molecule has 0 nitrogen and oxygen atoms in total. The summed E-state index contributed by atoms with van der Waals surface area (Å²) in [4.78, 5) is 0. The van der Waals surface area contributed by atoms with E-state index in [0.29, 0.717) is 5.88 Å². The van der Waals surface area contributed by atoms with Crippen LogP contribution in [-0.4, -0.2) is 5.88 Å². The van der Waals surface area contributed by atoms with Crippen molar-refractivity contribution in [3.63, 3.8) is 0 Å². The molecule has 0 N–H and O–H groups in total. The van der Waals surface area contributed by atoms with Crippen LogP contribution in [0.1, 0.15) is 20.3 Å². The lowest BCUT2D eigenvalue weighted by atomic mass is 10.3. The molecule has 0 amide bonds. The summed E-state index contributed by atoms with van der Waals surface area (Å²) in [5.74, 6) is 0.633. The van der Waals surface area contributed by atoms with Gasteiger partial charge in [-0.25, -0.2) is 0 Å². The van der Waals surface area contributed by atoms with Gasteiger partial charge in [0.2, 0.25) is 0 Å². The molecule has 0 radical (unpaired) electrons. The minimum absolute atomic E-state index is 0.633. The van der Waals surface area contributed by atoms with Crippen LogP contribution in [0.2, 0.25) is 0 Å². The Kier molecular flexibility index (Phi) is 5.75. The predicted octanol–water partition coefficient (Wildman–Crippen LogP) is 3.14. The smallest absolute Gasteiger partial charge is 0.0433 e. The van der Waals surface area contributed by atoms with Gasteiger partial charge in [-0.1, -0.05) is 30.7 Å². The van der Waals surface area contributed by atoms with Crippen molar-refractivity contribution in [2.45, 2.75) is 20.3 Å². The molecule has 0 fully saturated rings. The number of allylic oxidation sites excluding steroid dienone is 4. The quantitative estimate of drug-likeness (QED) is 0.422. The summed E-state index contributed by atoms with van der Waals surface area (Å²) in [6.07, 6.45) is 7.27. The summed E-state index contributed by atoms with van der Waals surface area (Å²) in [5.41, 5.74) is 1.21. The molecule has 1 heteroatoms. The molecule has 0 rings (SSSR count). The van der Waals surface area contributed by atoms with Crippen LogP contribution in [0.15, 0.2) is 23.8 Å². The maximum Gasteiger partial charge on any atom is 0.0433 e. The number of hydrogen-bond acceptors (Lipinski definition) is 0. The van der Waals surface area contributed by atoms with Gasteiger partial charge in [0.25, 0.3) is 0 Å². The highest BCUT2D eigenvalue weighted by Gasteiger charge is 1.78. The van der Waals surface area contributed by atoms with Crippen molar-refractivity contribution in [3.8, 4) is 0 Å². The molecule has 0 bridgehead atoms. The summed E-state index contributed by atoms with van der Waals surface area (Å²) in [7, 11) is 0. The molecular weight excluding hydrogens is 132 g/mol. The van der Waals surface area contributed by atoms with Crippen molar-refractivity contribution in [1.82, 2.24) is 0 Å². The van der Waals surface area contributed by atoms with Crippen molar-refractivity contribution in [3.05, 3.63) is 23.8 Å². The molecule has 9 heavy (non-hydrogen) atoms. The van der Waals surface area contributed by atoms with Crippen LogP contribution in [0, 0.1) is 0 Å². The average molecular weight is 145 g/mol. The molecule has 0 unspecified atom stereocenters. The predicted molar refractivity (Wildman–Crippen MR) is 43.9 cm³/mol. The van der Waals surface area contributed by atoms with Crippen LogP contribution in [0.5, 0.6) is 0 Å². The second-order valence-electron chi connectivity index (χ2n) is 1.98. The first-order valence-electron chi connectivity index (χ1n) is 3.19. The Bertz CT molecular complexity index is 112. The fraction of sp³-hybridized carbons (Fsp3) is 0.500. The van der Waals surface area contributed by atoms with Crippen LogP contribution >= 0.6 is 11.6 Å². The minimum atomic E-state index is 0.633. The lowest BCUT2D eigenvalue weighted by molar-refractivity contribution is 1.22. The van der Waals surface area contributed by atoms with E-state index < -0.39 is 0 Å². The zero-order valence-corrected chi connectivity index (χ0v) is 6.78. The monoisotopic (exact) mass is 144 g/mol. The summed E-state index contributed by atoms with van der Waals surface area (Å²) in [6, 6.07) is 0. The summed E-state index contributed by atoms with van der Waals surface area (Å²) >= 11 is 5.53. The largest absolute Gasteiger partial charge is 0.122 e. The fourth-order valence-electron chi connectivity index (χ4n) is 0.413. The minimum Gasteiger partial charge on any atom is -0.122 e. The van der Waals surface area contributed by atoms with Crippen molar-refractivity contribution < 1.29 is 0 Å². The van der Waals surface area contributed by atoms with Crippen LogP contribution < -0.4 is 0 Å². The fourth-order valence-corrected chi connectivity index (χ4v) is 0.502. The van der Waals surface area contributed by atoms with Crippen molar-refractivity contribution in [2.24, 2.45) is 0 Å². The van der Waals surface area contributed by atoms with Crippen molar-refractivity contribution >= 4 is 11.6 Å². The lowest BCUT2D eigenvalue weighted by Gasteiger charge is -1.86. The van der Waals surface area contributed by atoms with Gasteiger partial charge in [-0.2, -0.15) is 0 Å². The third-order valence-corrected chi connectivity index (χ3v) is 1.38. The maximum atomic E-state index is 5.53. The first kappa shape index (κ1) is 8.77. The number of rotatable bonds is 3. The van der Waals surface area contributed by atoms with E-state index in [9.17, 15) is 0 Å². The highest BCUT2D eigenvalue weighted by molar-refractivity contribution is 6.19. The van der Waals surface area contributed by atoms with E-state index in [-0.39, 0.29) is 0 Å². The van der Waals surface area contributed by atoms with Gasteiger partial charge in [0.05, 0.1) is 0 Å². The Morgan fingerprint density at radius 2 is 2.22 bits per heavy atom. The molecule has 0 spiro atoms. The molecule has 0 aromatic rings. The summed E-state index contributed by atoms with van der Waals surface area (Å²) < 4.78 is 0. The van der Waals surface area contributed by atoms with Gasteiger partial charge in [0.1, 0.15) is 0 Å². The van der Waals surface area contributed by atoms with Gasteiger partial charge in [0, 0.05) is 5.88 Å². The summed E-state index contributed by atoms with van der Waals surface area (Å²) in [6.45, 7) is 4.13. The molecule has 0 aliphatic rings. The van der Waals surface area contributed by atoms with E-state index in [4.69, 9.17) is 11.6 Å². The van der Waals surface area contributed by atoms with Gasteiger partial charge in [-0.15, -0.1) is 11.6 Å². The van der Waals surface area contributed by atoms with Gasteiger partial charge in [-0.05, 0) is 13.3 Å². The maximum absolute atomic E-state index is 5.53. The van der Waals surface area contributed by atoms with Gasteiger partial charge < -0.3 is 0 Å². The number of alkyl halides is 1. The lowest BCUT2D eigenvalue weighted by Crippen LogP contribution is -1.72. The molecular formula is C8H13Cl. The van der Waals surface area contributed by atoms with E-state index in [0.717, 1.165) is 6.42 Å². The topological polar surface area (TPSA) is 0 Å². The number of hydrogen-bond donors (Lipinski definition) is 0. The first-order chi connectivity index (χ1) is 4.31. The second-order valence-corrected chi connectivity index (χ2v) is 2.25. The van der Waals surface area contributed by atoms with Crippen LogP contribution in [0.4, 0.5) is 0 Å². The molecule has 0 heterocycles. The standard InChI is InChI=1S/C8H13Cl/c1-3-4-5-6-8(2)7-9/h4-6H,3,7H2,1-2H3/b5-4-,8-6-. The molecule has 0 saturated carbocycles. The van der Waals surface area contributed by atoms with Crippen LogP contribution in [-0.2, 0) is 0 Å². The second kappa shape index (κ2) is 5.90. The molecule has 52 valence electrons. The van der Waals surface area contributed by atoms with Crippen molar-refractivity contribution in [2.75, 3.05) is 5.88 Å². The Balaban J connectivity index is 3.55. The summed E-state index contributed by atoms with van der Waals surface area (Å²) in [5, 5.41) is 0. The van der Waals surface area contributed by atoms with Gasteiger partial charge in [-0.3, -0.25) is 0 Å². The van der Waals surface area contributed by atoms with Crippen LogP contribution in [0.25, 0.3) is 0 Å². The highest BCUT2D eigenvalue weighted by atomic mass is 35.5. The third-order valence-electron chi connectivity index (χ3n) is 0.963. The number of halogens is 1. The Labute approximate surface area is 62.2 Å². The zero-order chi connectivity index (χ0) is 7.11. The Morgan fingerprint density at radius 3 is 2.67 bits per heavy atom. The highest BCUT2D eigenvalue weighted by Crippen LogP contribution is 1.95. The Morgan fingerprint density at radius 1 is 1.56 bits per heavy atom. The zero-order valence-electron chi connectivity index (χ0n) is 6.02. The van der Waals surface area contributed by atoms with Crippen molar-refractivity contribution in [1.29, 1.82) is 0 Å². The van der Waals surface area contributed by atoms with Gasteiger partial charge >= 0.3 is 0 Å². The molecule has 0 aromatic carbocycles. The van der Waals surface area contributed by atoms with E-state index in [1.54, 1.807) is 0 Å². The first-order valence-corrected chi connectivity index (χ1v) is 3.73. The normalized spacial score (nSPS) is 13.0.